The third kappa shape index (κ3) is 2.86. The first-order valence-electron chi connectivity index (χ1n) is 17.0. The molecule has 2 aliphatic rings. The number of para-hydroxylation sites is 2. The molecule has 0 saturated carbocycles. The lowest BCUT2D eigenvalue weighted by molar-refractivity contribution is 0.212. The largest absolute Gasteiger partial charge is 0.309 e. The third-order valence-electron chi connectivity index (χ3n) is 11.4. The third-order valence-corrected chi connectivity index (χ3v) is 12.5. The molecule has 5 aromatic heterocycles. The number of fused-ring (bicyclic) bond motifs is 19. The van der Waals surface area contributed by atoms with Gasteiger partial charge in [-0.15, -0.1) is 11.3 Å². The van der Waals surface area contributed by atoms with Crippen LogP contribution in [0.4, 0.5) is 0 Å². The van der Waals surface area contributed by atoms with Crippen molar-refractivity contribution in [3.05, 3.63) is 146 Å². The normalized spacial score (nSPS) is 17.2. The molecule has 228 valence electrons. The van der Waals surface area contributed by atoms with E-state index in [0.29, 0.717) is 12.1 Å². The predicted molar refractivity (Wildman–Crippen MR) is 206 cm³/mol. The Hall–Kier alpha value is -6.04. The highest BCUT2D eigenvalue weighted by Gasteiger charge is 2.43. The molecular weight excluding hydrogens is 617 g/mol. The van der Waals surface area contributed by atoms with E-state index >= 15 is 0 Å². The van der Waals surface area contributed by atoms with Gasteiger partial charge in [0.05, 0.1) is 34.2 Å². The SMILES string of the molecule is C1=CC2C(C=C1)n1c3c(c4c5c(cc6c7cc(-c8ccc9c(c8)c8ccccc8n9-c8ccccc8)ccc7n3c64)sc3ccccc35)n12. The minimum atomic E-state index is 0.379. The lowest BCUT2D eigenvalue weighted by Gasteiger charge is -2.47. The van der Waals surface area contributed by atoms with Crippen LogP contribution in [0.3, 0.4) is 0 Å². The molecule has 13 rings (SSSR count). The van der Waals surface area contributed by atoms with Crippen LogP contribution in [0.5, 0.6) is 0 Å². The smallest absolute Gasteiger partial charge is 0.160 e. The fraction of sp³-hybridized carbons (Fsp3) is 0.0455. The first kappa shape index (κ1) is 25.0. The van der Waals surface area contributed by atoms with Gasteiger partial charge in [-0.3, -0.25) is 13.8 Å². The summed E-state index contributed by atoms with van der Waals surface area (Å²) in [5.41, 5.74) is 11.5. The maximum absolute atomic E-state index is 2.57. The number of aromatic nitrogens is 4. The molecule has 2 atom stereocenters. The molecule has 0 saturated heterocycles. The van der Waals surface area contributed by atoms with Crippen molar-refractivity contribution in [1.82, 2.24) is 18.3 Å². The van der Waals surface area contributed by atoms with Crippen molar-refractivity contribution in [2.24, 2.45) is 0 Å². The molecular formula is C44H26N4S. The van der Waals surface area contributed by atoms with Crippen LogP contribution in [0.15, 0.2) is 146 Å². The van der Waals surface area contributed by atoms with Crippen molar-refractivity contribution in [3.63, 3.8) is 0 Å². The second kappa shape index (κ2) is 8.51. The second-order valence-corrected chi connectivity index (χ2v) is 14.8. The van der Waals surface area contributed by atoms with E-state index in [1.165, 1.54) is 97.1 Å². The molecule has 0 spiro atoms. The number of hydrogen-bond acceptors (Lipinski definition) is 1. The van der Waals surface area contributed by atoms with Crippen LogP contribution in [0.1, 0.15) is 12.1 Å². The summed E-state index contributed by atoms with van der Waals surface area (Å²) in [6.45, 7) is 0. The monoisotopic (exact) mass is 642 g/mol. The van der Waals surface area contributed by atoms with Crippen LogP contribution < -0.4 is 0 Å². The van der Waals surface area contributed by atoms with E-state index in [2.05, 4.69) is 164 Å². The second-order valence-electron chi connectivity index (χ2n) is 13.7. The molecule has 0 N–H and O–H groups in total. The van der Waals surface area contributed by atoms with E-state index < -0.39 is 0 Å². The van der Waals surface area contributed by atoms with Gasteiger partial charge in [0, 0.05) is 52.8 Å². The molecule has 5 heteroatoms. The van der Waals surface area contributed by atoms with Gasteiger partial charge in [0.25, 0.3) is 0 Å². The zero-order valence-corrected chi connectivity index (χ0v) is 27.0. The van der Waals surface area contributed by atoms with Crippen LogP contribution >= 0.6 is 11.3 Å². The van der Waals surface area contributed by atoms with Gasteiger partial charge < -0.3 is 4.57 Å². The average molecular weight is 643 g/mol. The highest BCUT2D eigenvalue weighted by molar-refractivity contribution is 7.26. The van der Waals surface area contributed by atoms with Gasteiger partial charge in [-0.05, 0) is 65.7 Å². The summed E-state index contributed by atoms with van der Waals surface area (Å²) >= 11 is 1.92. The summed E-state index contributed by atoms with van der Waals surface area (Å²) in [5.74, 6) is 0. The topological polar surface area (TPSA) is 19.2 Å². The summed E-state index contributed by atoms with van der Waals surface area (Å²) in [6, 6.07) is 45.8. The lowest BCUT2D eigenvalue weighted by Crippen LogP contribution is -2.44. The van der Waals surface area contributed by atoms with E-state index in [0.717, 1.165) is 0 Å². The molecule has 49 heavy (non-hydrogen) atoms. The van der Waals surface area contributed by atoms with Crippen LogP contribution in [0.2, 0.25) is 0 Å². The van der Waals surface area contributed by atoms with E-state index in [9.17, 15) is 0 Å². The molecule has 6 heterocycles. The average Bonchev–Trinajstić information content (AvgIpc) is 3.85. The minimum Gasteiger partial charge on any atom is -0.309 e. The Labute approximate surface area is 283 Å². The Kier molecular flexibility index (Phi) is 4.35. The Morgan fingerprint density at radius 3 is 1.98 bits per heavy atom. The number of allylic oxidation sites excluding steroid dienone is 4. The van der Waals surface area contributed by atoms with Crippen molar-refractivity contribution in [3.8, 4) is 16.8 Å². The fourth-order valence-electron chi connectivity index (χ4n) is 9.37. The molecule has 0 fully saturated rings. The first-order valence-corrected chi connectivity index (χ1v) is 17.8. The van der Waals surface area contributed by atoms with Gasteiger partial charge in [-0.25, -0.2) is 0 Å². The van der Waals surface area contributed by atoms with Gasteiger partial charge in [0.2, 0.25) is 0 Å². The molecule has 6 aromatic carbocycles. The van der Waals surface area contributed by atoms with E-state index in [1.807, 2.05) is 11.3 Å². The van der Waals surface area contributed by atoms with Crippen molar-refractivity contribution in [1.29, 1.82) is 0 Å². The number of nitrogens with zero attached hydrogens (tertiary/aromatic N) is 4. The Morgan fingerprint density at radius 2 is 1.14 bits per heavy atom. The van der Waals surface area contributed by atoms with Crippen LogP contribution in [0.25, 0.3) is 97.1 Å². The highest BCUT2D eigenvalue weighted by atomic mass is 32.1. The maximum atomic E-state index is 2.57. The van der Waals surface area contributed by atoms with E-state index in [1.54, 1.807) is 0 Å². The molecule has 11 aromatic rings. The summed E-state index contributed by atoms with van der Waals surface area (Å²) in [6.07, 6.45) is 9.12. The summed E-state index contributed by atoms with van der Waals surface area (Å²) in [5, 5.41) is 9.40. The van der Waals surface area contributed by atoms with Gasteiger partial charge in [0.15, 0.2) is 5.65 Å². The van der Waals surface area contributed by atoms with Crippen LogP contribution in [0, 0.1) is 0 Å². The van der Waals surface area contributed by atoms with Crippen molar-refractivity contribution < 1.29 is 0 Å². The van der Waals surface area contributed by atoms with E-state index in [-0.39, 0.29) is 0 Å². The Bertz CT molecular complexity index is 3280. The zero-order valence-electron chi connectivity index (χ0n) is 26.2. The number of rotatable bonds is 2. The maximum Gasteiger partial charge on any atom is 0.160 e. The minimum absolute atomic E-state index is 0.379. The summed E-state index contributed by atoms with van der Waals surface area (Å²) < 4.78 is 12.7. The molecule has 4 nitrogen and oxygen atoms in total. The van der Waals surface area contributed by atoms with Gasteiger partial charge >= 0.3 is 0 Å². The molecule has 0 radical (unpaired) electrons. The standard InChI is InChI=1S/C44H26N4S/c1-2-10-27(11-3-1)45-33-14-6-4-12-28(33)30-22-25(18-20-34(30)45)26-19-21-35-31(23-26)32-24-39-40(29-13-5-9-17-38(29)49-39)41-42(32)46(35)44-43(41)47-36-15-7-8-16-37(36)48(44)47/h1-24,36-37H. The lowest BCUT2D eigenvalue weighted by atomic mass is 9.96. The van der Waals surface area contributed by atoms with Gasteiger partial charge in [0.1, 0.15) is 5.52 Å². The fourth-order valence-corrected chi connectivity index (χ4v) is 10.5. The predicted octanol–water partition coefficient (Wildman–Crippen LogP) is 11.8. The number of thiophene rings is 1. The quantitative estimate of drug-likeness (QED) is 0.179. The van der Waals surface area contributed by atoms with Crippen LogP contribution in [-0.2, 0) is 0 Å². The summed E-state index contributed by atoms with van der Waals surface area (Å²) in [7, 11) is 0. The van der Waals surface area contributed by atoms with Crippen LogP contribution in [-0.4, -0.2) is 18.3 Å². The number of hydrogen-bond donors (Lipinski definition) is 0. The molecule has 2 unspecified atom stereocenters. The Balaban J connectivity index is 1.10. The van der Waals surface area contributed by atoms with Crippen molar-refractivity contribution >= 4 is 91.7 Å². The summed E-state index contributed by atoms with van der Waals surface area (Å²) in [4.78, 5) is 0. The molecule has 0 amide bonds. The van der Waals surface area contributed by atoms with E-state index in [4.69, 9.17) is 0 Å². The van der Waals surface area contributed by atoms with Crippen molar-refractivity contribution in [2.75, 3.05) is 0 Å². The molecule has 1 aliphatic heterocycles. The van der Waals surface area contributed by atoms with Gasteiger partial charge in [-0.1, -0.05) is 91.0 Å². The van der Waals surface area contributed by atoms with Gasteiger partial charge in [-0.2, -0.15) is 0 Å². The Morgan fingerprint density at radius 1 is 0.469 bits per heavy atom. The first-order chi connectivity index (χ1) is 24.3. The molecule has 0 bridgehead atoms. The highest BCUT2D eigenvalue weighted by Crippen LogP contribution is 2.54. The molecule has 1 aliphatic carbocycles. The number of benzene rings is 6. The zero-order chi connectivity index (χ0) is 31.5. The van der Waals surface area contributed by atoms with Crippen molar-refractivity contribution in [2.45, 2.75) is 12.1 Å².